The van der Waals surface area contributed by atoms with Gasteiger partial charge in [-0.2, -0.15) is 0 Å². The summed E-state index contributed by atoms with van der Waals surface area (Å²) in [5, 5.41) is 13.0. The van der Waals surface area contributed by atoms with E-state index in [0.717, 1.165) is 29.3 Å². The molecular formula is C14H17ClINO2. The highest BCUT2D eigenvalue weighted by Gasteiger charge is 2.26. The van der Waals surface area contributed by atoms with Crippen LogP contribution in [0.5, 0.6) is 0 Å². The average molecular weight is 394 g/mol. The number of carbonyl (C=O) groups is 1. The van der Waals surface area contributed by atoms with Gasteiger partial charge in [-0.25, -0.2) is 0 Å². The van der Waals surface area contributed by atoms with Gasteiger partial charge in [-0.05, 0) is 53.6 Å². The van der Waals surface area contributed by atoms with Crippen LogP contribution in [0.3, 0.4) is 0 Å². The predicted molar refractivity (Wildman–Crippen MR) is 84.5 cm³/mol. The quantitative estimate of drug-likeness (QED) is 0.775. The molecule has 1 aliphatic rings. The Labute approximate surface area is 131 Å². The third kappa shape index (κ3) is 3.83. The number of benzene rings is 1. The number of nitrogens with one attached hydrogen (secondary N) is 1. The van der Waals surface area contributed by atoms with E-state index in [1.807, 2.05) is 6.07 Å². The molecule has 0 bridgehead atoms. The van der Waals surface area contributed by atoms with Crippen molar-refractivity contribution in [2.75, 3.05) is 6.61 Å². The minimum absolute atomic E-state index is 0.0734. The zero-order valence-corrected chi connectivity index (χ0v) is 13.4. The van der Waals surface area contributed by atoms with Crippen LogP contribution in [0.25, 0.3) is 0 Å². The Morgan fingerprint density at radius 3 is 2.84 bits per heavy atom. The highest BCUT2D eigenvalue weighted by Crippen LogP contribution is 2.25. The highest BCUT2D eigenvalue weighted by molar-refractivity contribution is 14.1. The van der Waals surface area contributed by atoms with E-state index in [1.165, 1.54) is 0 Å². The number of aliphatic hydroxyl groups is 1. The van der Waals surface area contributed by atoms with Gasteiger partial charge in [-0.1, -0.05) is 24.4 Å². The second kappa shape index (κ2) is 6.90. The Kier molecular flexibility index (Phi) is 5.47. The number of rotatable bonds is 3. The molecular weight excluding hydrogens is 377 g/mol. The van der Waals surface area contributed by atoms with Crippen LogP contribution in [0.4, 0.5) is 0 Å². The Bertz CT molecular complexity index is 467. The van der Waals surface area contributed by atoms with Crippen molar-refractivity contribution in [2.24, 2.45) is 5.92 Å². The van der Waals surface area contributed by atoms with Crippen molar-refractivity contribution in [3.8, 4) is 0 Å². The molecule has 0 saturated heterocycles. The average Bonchev–Trinajstić information content (AvgIpc) is 2.42. The van der Waals surface area contributed by atoms with Gasteiger partial charge in [0, 0.05) is 27.7 Å². The molecule has 2 unspecified atom stereocenters. The molecule has 5 heteroatoms. The molecule has 1 aromatic rings. The van der Waals surface area contributed by atoms with Gasteiger partial charge >= 0.3 is 0 Å². The molecule has 3 nitrogen and oxygen atoms in total. The summed E-state index contributed by atoms with van der Waals surface area (Å²) in [6, 6.07) is 5.38. The minimum atomic E-state index is -0.108. The lowest BCUT2D eigenvalue weighted by molar-refractivity contribution is 0.0872. The smallest absolute Gasteiger partial charge is 0.251 e. The predicted octanol–water partition coefficient (Wildman–Crippen LogP) is 3.23. The molecule has 2 N–H and O–H groups in total. The Balaban J connectivity index is 2.05. The Hall–Kier alpha value is -0.330. The van der Waals surface area contributed by atoms with E-state index in [2.05, 4.69) is 27.9 Å². The van der Waals surface area contributed by atoms with Crippen LogP contribution in [-0.4, -0.2) is 23.7 Å². The summed E-state index contributed by atoms with van der Waals surface area (Å²) in [7, 11) is 0. The second-order valence-corrected chi connectivity index (χ2v) is 6.51. The highest BCUT2D eigenvalue weighted by atomic mass is 127. The maximum Gasteiger partial charge on any atom is 0.251 e. The number of carbonyl (C=O) groups excluding carboxylic acids is 1. The van der Waals surface area contributed by atoms with Gasteiger partial charge in [-0.15, -0.1) is 0 Å². The molecule has 0 heterocycles. The van der Waals surface area contributed by atoms with Crippen LogP contribution in [0.15, 0.2) is 18.2 Å². The van der Waals surface area contributed by atoms with Crippen molar-refractivity contribution in [3.63, 3.8) is 0 Å². The van der Waals surface area contributed by atoms with Crippen molar-refractivity contribution in [1.29, 1.82) is 0 Å². The zero-order valence-electron chi connectivity index (χ0n) is 10.5. The fraction of sp³-hybridized carbons (Fsp3) is 0.500. The van der Waals surface area contributed by atoms with E-state index in [4.69, 9.17) is 11.6 Å². The third-order valence-electron chi connectivity index (χ3n) is 3.64. The first-order valence-electron chi connectivity index (χ1n) is 6.48. The lowest BCUT2D eigenvalue weighted by Gasteiger charge is -2.30. The Morgan fingerprint density at radius 1 is 1.42 bits per heavy atom. The molecule has 1 fully saturated rings. The molecule has 0 aliphatic heterocycles. The molecule has 19 heavy (non-hydrogen) atoms. The Morgan fingerprint density at radius 2 is 2.16 bits per heavy atom. The number of amides is 1. The largest absolute Gasteiger partial charge is 0.396 e. The second-order valence-electron chi connectivity index (χ2n) is 4.94. The van der Waals surface area contributed by atoms with E-state index >= 15 is 0 Å². The summed E-state index contributed by atoms with van der Waals surface area (Å²) in [4.78, 5) is 12.2. The van der Waals surface area contributed by atoms with E-state index in [-0.39, 0.29) is 24.5 Å². The van der Waals surface area contributed by atoms with Gasteiger partial charge in [0.25, 0.3) is 5.91 Å². The van der Waals surface area contributed by atoms with Crippen LogP contribution in [0.1, 0.15) is 36.0 Å². The van der Waals surface area contributed by atoms with E-state index in [0.29, 0.717) is 10.6 Å². The van der Waals surface area contributed by atoms with Crippen molar-refractivity contribution >= 4 is 40.1 Å². The van der Waals surface area contributed by atoms with E-state index in [1.54, 1.807) is 12.1 Å². The molecule has 0 radical (unpaired) electrons. The minimum Gasteiger partial charge on any atom is -0.396 e. The summed E-state index contributed by atoms with van der Waals surface area (Å²) in [6.07, 6.45) is 4.16. The number of halogens is 2. The number of aliphatic hydroxyl groups excluding tert-OH is 1. The molecule has 2 atom stereocenters. The van der Waals surface area contributed by atoms with E-state index in [9.17, 15) is 9.90 Å². The lowest BCUT2D eigenvalue weighted by Crippen LogP contribution is -2.43. The van der Waals surface area contributed by atoms with E-state index < -0.39 is 0 Å². The number of hydrogen-bond donors (Lipinski definition) is 2. The van der Waals surface area contributed by atoms with Crippen LogP contribution in [-0.2, 0) is 0 Å². The van der Waals surface area contributed by atoms with Gasteiger partial charge < -0.3 is 10.4 Å². The van der Waals surface area contributed by atoms with Crippen molar-refractivity contribution in [1.82, 2.24) is 5.32 Å². The molecule has 1 aliphatic carbocycles. The molecule has 0 spiro atoms. The lowest BCUT2D eigenvalue weighted by atomic mass is 9.85. The van der Waals surface area contributed by atoms with Gasteiger partial charge in [0.05, 0.1) is 5.02 Å². The first-order valence-corrected chi connectivity index (χ1v) is 7.94. The maximum absolute atomic E-state index is 12.2. The topological polar surface area (TPSA) is 49.3 Å². The summed E-state index contributed by atoms with van der Waals surface area (Å²) in [5.74, 6) is 0.0701. The number of hydrogen-bond acceptors (Lipinski definition) is 2. The fourth-order valence-corrected chi connectivity index (χ4v) is 3.02. The SMILES string of the molecule is O=C(NC1CCCCC1CO)c1ccc(I)c(Cl)c1. The molecule has 1 aromatic carbocycles. The van der Waals surface area contributed by atoms with Gasteiger partial charge in [0.1, 0.15) is 0 Å². The molecule has 2 rings (SSSR count). The summed E-state index contributed by atoms with van der Waals surface area (Å²) in [5.41, 5.74) is 0.577. The monoisotopic (exact) mass is 393 g/mol. The van der Waals surface area contributed by atoms with Crippen molar-refractivity contribution in [2.45, 2.75) is 31.7 Å². The first kappa shape index (κ1) is 15.1. The van der Waals surface area contributed by atoms with Crippen LogP contribution in [0, 0.1) is 9.49 Å². The molecule has 1 amide bonds. The van der Waals surface area contributed by atoms with Crippen molar-refractivity contribution < 1.29 is 9.90 Å². The van der Waals surface area contributed by atoms with Gasteiger partial charge in [0.15, 0.2) is 0 Å². The van der Waals surface area contributed by atoms with Gasteiger partial charge in [0.2, 0.25) is 0 Å². The first-order chi connectivity index (χ1) is 9.11. The summed E-state index contributed by atoms with van der Waals surface area (Å²) < 4.78 is 0.932. The van der Waals surface area contributed by atoms with Crippen LogP contribution < -0.4 is 5.32 Å². The third-order valence-corrected chi connectivity index (χ3v) is 5.21. The zero-order chi connectivity index (χ0) is 13.8. The molecule has 1 saturated carbocycles. The summed E-state index contributed by atoms with van der Waals surface area (Å²) >= 11 is 8.16. The molecule has 104 valence electrons. The maximum atomic E-state index is 12.2. The van der Waals surface area contributed by atoms with Crippen LogP contribution in [0.2, 0.25) is 5.02 Å². The standard InChI is InChI=1S/C14H17ClINO2/c15-11-7-9(5-6-12(11)16)14(19)17-13-4-2-1-3-10(13)8-18/h5-7,10,13,18H,1-4,8H2,(H,17,19). The van der Waals surface area contributed by atoms with Crippen LogP contribution >= 0.6 is 34.2 Å². The fourth-order valence-electron chi connectivity index (χ4n) is 2.51. The summed E-state index contributed by atoms with van der Waals surface area (Å²) in [6.45, 7) is 0.137. The van der Waals surface area contributed by atoms with Crippen molar-refractivity contribution in [3.05, 3.63) is 32.4 Å². The normalized spacial score (nSPS) is 23.1. The van der Waals surface area contributed by atoms with Gasteiger partial charge in [-0.3, -0.25) is 4.79 Å². The molecule has 0 aromatic heterocycles.